The molecule has 4 rings (SSSR count). The smallest absolute Gasteiger partial charge is 0.416 e. The molecule has 1 aliphatic heterocycles. The van der Waals surface area contributed by atoms with Gasteiger partial charge in [-0.15, -0.1) is 0 Å². The van der Waals surface area contributed by atoms with Gasteiger partial charge in [-0.3, -0.25) is 9.59 Å². The molecule has 3 aromatic carbocycles. The van der Waals surface area contributed by atoms with Gasteiger partial charge in [0.05, 0.1) is 28.5 Å². The number of carbonyl (C=O) groups excluding carboxylic acids is 2. The first-order chi connectivity index (χ1) is 17.6. The molecule has 38 heavy (non-hydrogen) atoms. The van der Waals surface area contributed by atoms with Gasteiger partial charge in [0.15, 0.2) is 0 Å². The van der Waals surface area contributed by atoms with Gasteiger partial charge >= 0.3 is 6.18 Å². The monoisotopic (exact) mass is 554 g/mol. The van der Waals surface area contributed by atoms with Crippen LogP contribution in [0.15, 0.2) is 48.5 Å². The number of rotatable bonds is 6. The summed E-state index contributed by atoms with van der Waals surface area (Å²) in [6, 6.07) is 6.43. The molecule has 6 nitrogen and oxygen atoms in total. The van der Waals surface area contributed by atoms with Gasteiger partial charge in [0.2, 0.25) is 0 Å². The van der Waals surface area contributed by atoms with Crippen LogP contribution in [0.2, 0.25) is 5.02 Å². The van der Waals surface area contributed by atoms with Crippen molar-refractivity contribution in [2.45, 2.75) is 31.7 Å². The van der Waals surface area contributed by atoms with Crippen LogP contribution in [-0.4, -0.2) is 29.1 Å². The number of aliphatic hydroxyl groups is 1. The highest BCUT2D eigenvalue weighted by Gasteiger charge is 2.36. The number of halogens is 6. The van der Waals surface area contributed by atoms with E-state index in [9.17, 15) is 36.6 Å². The molecular weight excluding hydrogens is 535 g/mol. The molecule has 1 aliphatic rings. The Kier molecular flexibility index (Phi) is 7.11. The van der Waals surface area contributed by atoms with Crippen LogP contribution in [0.4, 0.5) is 27.6 Å². The van der Waals surface area contributed by atoms with E-state index in [1.165, 1.54) is 32.0 Å². The highest BCUT2D eigenvalue weighted by Crippen LogP contribution is 2.42. The van der Waals surface area contributed by atoms with Crippen molar-refractivity contribution in [3.63, 3.8) is 0 Å². The van der Waals surface area contributed by atoms with E-state index >= 15 is 0 Å². The summed E-state index contributed by atoms with van der Waals surface area (Å²) >= 11 is 6.25. The first-order valence-electron chi connectivity index (χ1n) is 11.1. The summed E-state index contributed by atoms with van der Waals surface area (Å²) in [6.45, 7) is 2.73. The van der Waals surface area contributed by atoms with Crippen LogP contribution in [0.1, 0.15) is 57.3 Å². The van der Waals surface area contributed by atoms with Crippen LogP contribution >= 0.6 is 11.6 Å². The first kappa shape index (κ1) is 27.3. The molecule has 0 fully saturated rings. The summed E-state index contributed by atoms with van der Waals surface area (Å²) in [5, 5.41) is 15.2. The molecule has 0 spiro atoms. The van der Waals surface area contributed by atoms with Crippen LogP contribution in [0.3, 0.4) is 0 Å². The molecule has 0 aliphatic carbocycles. The molecule has 2 amide bonds. The number of nitrogens with one attached hydrogen (secondary N) is 2. The number of alkyl halides is 3. The molecular formula is C26H20ClF5N2O4. The summed E-state index contributed by atoms with van der Waals surface area (Å²) in [4.78, 5) is 25.9. The van der Waals surface area contributed by atoms with Crippen molar-refractivity contribution in [3.8, 4) is 5.75 Å². The van der Waals surface area contributed by atoms with Crippen LogP contribution < -0.4 is 15.4 Å². The van der Waals surface area contributed by atoms with Gasteiger partial charge < -0.3 is 20.5 Å². The average molecular weight is 555 g/mol. The van der Waals surface area contributed by atoms with Crippen molar-refractivity contribution in [3.05, 3.63) is 93.0 Å². The maximum absolute atomic E-state index is 14.0. The minimum absolute atomic E-state index is 0.00842. The van der Waals surface area contributed by atoms with Gasteiger partial charge in [-0.25, -0.2) is 8.78 Å². The van der Waals surface area contributed by atoms with Gasteiger partial charge in [0, 0.05) is 27.8 Å². The molecule has 12 heteroatoms. The Labute approximate surface area is 218 Å². The minimum atomic E-state index is -4.90. The summed E-state index contributed by atoms with van der Waals surface area (Å²) in [5.74, 6) is -3.63. The third-order valence-corrected chi connectivity index (χ3v) is 5.90. The van der Waals surface area contributed by atoms with E-state index in [0.29, 0.717) is 12.1 Å². The Morgan fingerprint density at radius 1 is 1.08 bits per heavy atom. The first-order valence-corrected chi connectivity index (χ1v) is 11.5. The second-order valence-corrected chi connectivity index (χ2v) is 9.69. The van der Waals surface area contributed by atoms with Gasteiger partial charge in [-0.2, -0.15) is 13.2 Å². The van der Waals surface area contributed by atoms with E-state index in [1.54, 1.807) is 0 Å². The van der Waals surface area contributed by atoms with E-state index < -0.39 is 52.4 Å². The second kappa shape index (κ2) is 9.88. The molecule has 200 valence electrons. The molecule has 0 saturated heterocycles. The number of hydrogen-bond acceptors (Lipinski definition) is 4. The van der Waals surface area contributed by atoms with Crippen molar-refractivity contribution in [2.75, 3.05) is 11.9 Å². The van der Waals surface area contributed by atoms with Crippen molar-refractivity contribution < 1.29 is 41.4 Å². The highest BCUT2D eigenvalue weighted by molar-refractivity contribution is 6.31. The fourth-order valence-corrected chi connectivity index (χ4v) is 4.13. The van der Waals surface area contributed by atoms with Crippen LogP contribution in [0, 0.1) is 11.6 Å². The van der Waals surface area contributed by atoms with Crippen molar-refractivity contribution >= 4 is 29.1 Å². The maximum Gasteiger partial charge on any atom is 0.416 e. The van der Waals surface area contributed by atoms with E-state index in [4.69, 9.17) is 16.3 Å². The lowest BCUT2D eigenvalue weighted by atomic mass is 9.95. The number of ether oxygens (including phenoxy) is 1. The summed E-state index contributed by atoms with van der Waals surface area (Å²) in [5.41, 5.74) is -3.04. The lowest BCUT2D eigenvalue weighted by Crippen LogP contribution is -2.28. The zero-order valence-electron chi connectivity index (χ0n) is 19.8. The zero-order valence-corrected chi connectivity index (χ0v) is 20.6. The number of fused-ring (bicyclic) bond motifs is 1. The Bertz CT molecular complexity index is 1440. The fraction of sp³-hybridized carbons (Fsp3) is 0.231. The van der Waals surface area contributed by atoms with E-state index in [2.05, 4.69) is 10.6 Å². The molecule has 3 N–H and O–H groups in total. The predicted octanol–water partition coefficient (Wildman–Crippen LogP) is 5.87. The molecule has 0 radical (unpaired) electrons. The third-order valence-electron chi connectivity index (χ3n) is 5.56. The number of carbonyl (C=O) groups is 2. The number of benzene rings is 3. The molecule has 3 aromatic rings. The molecule has 0 saturated carbocycles. The van der Waals surface area contributed by atoms with E-state index in [1.807, 2.05) is 0 Å². The molecule has 0 bridgehead atoms. The van der Waals surface area contributed by atoms with Gasteiger partial charge in [-0.05, 0) is 56.3 Å². The van der Waals surface area contributed by atoms with E-state index in [0.717, 1.165) is 12.1 Å². The minimum Gasteiger partial charge on any atom is -0.491 e. The molecule has 1 unspecified atom stereocenters. The van der Waals surface area contributed by atoms with Crippen molar-refractivity contribution in [1.82, 2.24) is 5.32 Å². The average Bonchev–Trinajstić information content (AvgIpc) is 3.14. The molecule has 1 heterocycles. The highest BCUT2D eigenvalue weighted by atomic mass is 35.5. The maximum atomic E-state index is 14.0. The van der Waals surface area contributed by atoms with Crippen LogP contribution in [-0.2, 0) is 6.18 Å². The van der Waals surface area contributed by atoms with Gasteiger partial charge in [0.25, 0.3) is 11.8 Å². The predicted molar refractivity (Wildman–Crippen MR) is 128 cm³/mol. The largest absolute Gasteiger partial charge is 0.491 e. The number of amides is 2. The third kappa shape index (κ3) is 5.89. The standard InChI is InChI=1S/C26H20ClF5N2O4/c1-25(2,37)11-38-16-9-18-21(22(34-24(18)36)17-8-14(28)3-4-19(17)27)20(10-16)33-23(35)12-5-13(26(30,31)32)7-15(29)6-12/h3-10,22,37H,11H2,1-2H3,(H,33,35)(H,34,36). The van der Waals surface area contributed by atoms with Crippen molar-refractivity contribution in [1.29, 1.82) is 0 Å². The Balaban J connectivity index is 1.82. The number of anilines is 1. The second-order valence-electron chi connectivity index (χ2n) is 9.29. The number of hydrogen-bond donors (Lipinski definition) is 3. The van der Waals surface area contributed by atoms with Gasteiger partial charge in [0.1, 0.15) is 24.0 Å². The normalized spacial score (nSPS) is 15.2. The van der Waals surface area contributed by atoms with Crippen LogP contribution in [0.25, 0.3) is 0 Å². The lowest BCUT2D eigenvalue weighted by molar-refractivity contribution is -0.137. The topological polar surface area (TPSA) is 87.7 Å². The summed E-state index contributed by atoms with van der Waals surface area (Å²) in [6.07, 6.45) is -4.90. The van der Waals surface area contributed by atoms with Gasteiger partial charge in [-0.1, -0.05) is 11.6 Å². The van der Waals surface area contributed by atoms with Crippen molar-refractivity contribution in [2.24, 2.45) is 0 Å². The summed E-state index contributed by atoms with van der Waals surface area (Å²) in [7, 11) is 0. The molecule has 0 aromatic heterocycles. The quantitative estimate of drug-likeness (QED) is 0.333. The Morgan fingerprint density at radius 3 is 2.45 bits per heavy atom. The van der Waals surface area contributed by atoms with E-state index in [-0.39, 0.29) is 45.8 Å². The summed E-state index contributed by atoms with van der Waals surface area (Å²) < 4.78 is 73.1. The Morgan fingerprint density at radius 2 is 1.79 bits per heavy atom. The lowest BCUT2D eigenvalue weighted by Gasteiger charge is -2.21. The Hall–Kier alpha value is -3.70. The fourth-order valence-electron chi connectivity index (χ4n) is 3.90. The molecule has 1 atom stereocenters. The SMILES string of the molecule is CC(C)(O)COc1cc(NC(=O)c2cc(F)cc(C(F)(F)F)c2)c2c(c1)C(=O)NC2c1cc(F)ccc1Cl. The zero-order chi connectivity index (χ0) is 28.0. The van der Waals surface area contributed by atoms with Crippen LogP contribution in [0.5, 0.6) is 5.75 Å².